The molecule has 2 heterocycles. The molecule has 8 heteroatoms. The second-order valence-electron chi connectivity index (χ2n) is 13.5. The normalized spacial score (nSPS) is 22.6. The first-order valence-electron chi connectivity index (χ1n) is 18.2. The molecule has 266 valence electrons. The molecule has 0 saturated carbocycles. The van der Waals surface area contributed by atoms with Crippen LogP contribution in [0.4, 0.5) is 14.5 Å². The average molecular weight is 683 g/mol. The summed E-state index contributed by atoms with van der Waals surface area (Å²) in [6.45, 7) is 10.3. The number of anilines is 1. The van der Waals surface area contributed by atoms with Crippen molar-refractivity contribution in [2.45, 2.75) is 79.2 Å². The average Bonchev–Trinajstić information content (AvgIpc) is 3.28. The van der Waals surface area contributed by atoms with Gasteiger partial charge in [-0.05, 0) is 101 Å². The van der Waals surface area contributed by atoms with E-state index >= 15 is 0 Å². The van der Waals surface area contributed by atoms with Gasteiger partial charge in [-0.1, -0.05) is 55.3 Å². The lowest BCUT2D eigenvalue weighted by molar-refractivity contribution is 0.0633. The number of benzene rings is 2. The summed E-state index contributed by atoms with van der Waals surface area (Å²) in [6, 6.07) is 9.79. The highest BCUT2D eigenvalue weighted by Crippen LogP contribution is 2.31. The van der Waals surface area contributed by atoms with E-state index in [0.29, 0.717) is 41.2 Å². The number of halogens is 2. The van der Waals surface area contributed by atoms with Crippen molar-refractivity contribution in [2.75, 3.05) is 25.1 Å². The van der Waals surface area contributed by atoms with Crippen LogP contribution in [0, 0.1) is 34.8 Å². The van der Waals surface area contributed by atoms with Gasteiger partial charge in [0.25, 0.3) is 0 Å². The minimum Gasteiger partial charge on any atom is -0.494 e. The Morgan fingerprint density at radius 2 is 1.84 bits per heavy atom. The Morgan fingerprint density at radius 3 is 2.58 bits per heavy atom. The maximum atomic E-state index is 14.9. The summed E-state index contributed by atoms with van der Waals surface area (Å²) in [5.41, 5.74) is 5.44. The van der Waals surface area contributed by atoms with E-state index in [-0.39, 0.29) is 29.5 Å². The number of hydrogen-bond donors (Lipinski definition) is 3. The zero-order valence-corrected chi connectivity index (χ0v) is 30.0. The summed E-state index contributed by atoms with van der Waals surface area (Å²) in [5.74, 6) is 0.737. The molecule has 0 spiro atoms. The Balaban J connectivity index is 1.43. The lowest BCUT2D eigenvalue weighted by atomic mass is 9.87. The number of aliphatic imine (C=N–C) groups is 1. The first-order valence-corrected chi connectivity index (χ1v) is 18.2. The number of amidine groups is 1. The number of hydrogen-bond acceptors (Lipinski definition) is 6. The van der Waals surface area contributed by atoms with Gasteiger partial charge in [-0.3, -0.25) is 5.41 Å². The van der Waals surface area contributed by atoms with Crippen molar-refractivity contribution in [3.8, 4) is 5.75 Å². The lowest BCUT2D eigenvalue weighted by Crippen LogP contribution is -2.22. The molecular formula is C42H52F2N4O2. The number of para-hydroxylation sites is 1. The van der Waals surface area contributed by atoms with Crippen LogP contribution in [-0.2, 0) is 11.3 Å². The summed E-state index contributed by atoms with van der Waals surface area (Å²) >= 11 is 0. The predicted octanol–water partition coefficient (Wildman–Crippen LogP) is 10.2. The number of ether oxygens (including phenoxy) is 2. The summed E-state index contributed by atoms with van der Waals surface area (Å²) in [5, 5.41) is 16.2. The Labute approximate surface area is 296 Å². The molecule has 0 amide bonds. The van der Waals surface area contributed by atoms with Gasteiger partial charge in [-0.25, -0.2) is 13.8 Å². The van der Waals surface area contributed by atoms with Crippen LogP contribution in [0.3, 0.4) is 0 Å². The second kappa shape index (κ2) is 18.1. The molecule has 6 nitrogen and oxygen atoms in total. The van der Waals surface area contributed by atoms with E-state index in [1.54, 1.807) is 6.92 Å². The minimum absolute atomic E-state index is 0.0900. The Kier molecular flexibility index (Phi) is 13.4. The fraction of sp³-hybridized carbons (Fsp3) is 0.429. The number of rotatable bonds is 13. The molecule has 3 N–H and O–H groups in total. The summed E-state index contributed by atoms with van der Waals surface area (Å²) in [6.07, 6.45) is 20.2. The quantitative estimate of drug-likeness (QED) is 0.184. The van der Waals surface area contributed by atoms with Gasteiger partial charge < -0.3 is 20.1 Å². The van der Waals surface area contributed by atoms with E-state index in [4.69, 9.17) is 14.5 Å². The number of nitrogens with zero attached hydrogens (tertiary/aromatic N) is 1. The van der Waals surface area contributed by atoms with Crippen LogP contribution in [0.2, 0.25) is 0 Å². The molecule has 3 aliphatic rings. The summed E-state index contributed by atoms with van der Waals surface area (Å²) in [4.78, 5) is 5.10. The zero-order valence-electron chi connectivity index (χ0n) is 30.0. The van der Waals surface area contributed by atoms with E-state index in [1.807, 2.05) is 24.3 Å². The van der Waals surface area contributed by atoms with Gasteiger partial charge in [0.05, 0.1) is 18.0 Å². The van der Waals surface area contributed by atoms with Gasteiger partial charge >= 0.3 is 0 Å². The molecule has 1 aliphatic carbocycles. The first kappa shape index (κ1) is 37.0. The predicted molar refractivity (Wildman–Crippen MR) is 201 cm³/mol. The molecular weight excluding hydrogens is 630 g/mol. The van der Waals surface area contributed by atoms with Gasteiger partial charge in [0.2, 0.25) is 0 Å². The third-order valence-electron chi connectivity index (χ3n) is 9.92. The molecule has 2 aromatic rings. The summed E-state index contributed by atoms with van der Waals surface area (Å²) in [7, 11) is 0. The SMILES string of the molecule is CCOc1cc(F)c(CNc2ccccc2C(=N)C2=CC(CC)C(CCCC3CCOCC3)=CC(NC3=C/C=C/CC(C)/C(C)=C\3)=N2)c(F)c1. The molecule has 2 atom stereocenters. The van der Waals surface area contributed by atoms with E-state index < -0.39 is 11.6 Å². The number of nitrogens with one attached hydrogen (secondary N) is 3. The number of allylic oxidation sites excluding steroid dienone is 8. The van der Waals surface area contributed by atoms with Crippen LogP contribution in [0.1, 0.15) is 83.8 Å². The van der Waals surface area contributed by atoms with Gasteiger partial charge in [-0.15, -0.1) is 0 Å². The van der Waals surface area contributed by atoms with Gasteiger partial charge in [0, 0.05) is 60.3 Å². The van der Waals surface area contributed by atoms with Crippen LogP contribution in [0.15, 0.2) is 100 Å². The van der Waals surface area contributed by atoms with E-state index in [9.17, 15) is 14.2 Å². The molecule has 2 aliphatic heterocycles. The molecule has 5 rings (SSSR count). The monoisotopic (exact) mass is 682 g/mol. The maximum absolute atomic E-state index is 14.9. The Bertz CT molecular complexity index is 1670. The fourth-order valence-electron chi connectivity index (χ4n) is 6.73. The minimum atomic E-state index is -0.682. The highest BCUT2D eigenvalue weighted by atomic mass is 19.1. The topological polar surface area (TPSA) is 78.7 Å². The van der Waals surface area contributed by atoms with Gasteiger partial charge in [0.15, 0.2) is 0 Å². The van der Waals surface area contributed by atoms with Crippen LogP contribution in [0.25, 0.3) is 0 Å². The van der Waals surface area contributed by atoms with E-state index in [1.165, 1.54) is 29.7 Å². The molecule has 0 aromatic heterocycles. The van der Waals surface area contributed by atoms with Crippen LogP contribution in [-0.4, -0.2) is 31.4 Å². The van der Waals surface area contributed by atoms with Crippen molar-refractivity contribution in [3.63, 3.8) is 0 Å². The molecule has 0 radical (unpaired) electrons. The third kappa shape index (κ3) is 9.90. The third-order valence-corrected chi connectivity index (χ3v) is 9.92. The molecule has 50 heavy (non-hydrogen) atoms. The highest BCUT2D eigenvalue weighted by molar-refractivity contribution is 6.15. The second-order valence-corrected chi connectivity index (χ2v) is 13.5. The molecule has 0 bridgehead atoms. The van der Waals surface area contributed by atoms with Crippen molar-refractivity contribution in [2.24, 2.45) is 22.7 Å². The fourth-order valence-corrected chi connectivity index (χ4v) is 6.73. The van der Waals surface area contributed by atoms with Crippen molar-refractivity contribution < 1.29 is 18.3 Å². The lowest BCUT2D eigenvalue weighted by Gasteiger charge is -2.22. The zero-order chi connectivity index (χ0) is 35.5. The molecule has 1 saturated heterocycles. The van der Waals surface area contributed by atoms with Crippen molar-refractivity contribution in [1.29, 1.82) is 5.41 Å². The smallest absolute Gasteiger partial charge is 0.134 e. The van der Waals surface area contributed by atoms with Crippen LogP contribution >= 0.6 is 0 Å². The van der Waals surface area contributed by atoms with Crippen LogP contribution < -0.4 is 15.4 Å². The van der Waals surface area contributed by atoms with Gasteiger partial charge in [0.1, 0.15) is 23.2 Å². The van der Waals surface area contributed by atoms with Crippen molar-refractivity contribution in [1.82, 2.24) is 5.32 Å². The first-order chi connectivity index (χ1) is 24.2. The van der Waals surface area contributed by atoms with E-state index in [0.717, 1.165) is 57.4 Å². The van der Waals surface area contributed by atoms with Crippen molar-refractivity contribution in [3.05, 3.63) is 118 Å². The Hall–Kier alpha value is -4.30. The standard InChI is InChI=1S/C42H52F2N4O2/c1-5-31-23-40(42(45)35-16-9-10-17-39(35)46-27-36-37(43)25-34(50-6-2)26-38(36)44)48-41(47-33-15-8-7-12-28(3)29(4)22-33)24-32(31)14-11-13-30-18-20-49-21-19-30/h7-10,15-17,22-26,28,30-31,45-46H,5-6,11-14,18-21,27H2,1-4H3,(H,47,48)/b8-7+,29-22-,33-15+,45-42?. The summed E-state index contributed by atoms with van der Waals surface area (Å²) < 4.78 is 40.7. The highest BCUT2D eigenvalue weighted by Gasteiger charge is 2.22. The Morgan fingerprint density at radius 1 is 1.08 bits per heavy atom. The largest absolute Gasteiger partial charge is 0.494 e. The molecule has 2 unspecified atom stereocenters. The van der Waals surface area contributed by atoms with Gasteiger partial charge in [-0.2, -0.15) is 0 Å². The maximum Gasteiger partial charge on any atom is 0.134 e. The molecule has 2 aromatic carbocycles. The molecule has 1 fully saturated rings. The van der Waals surface area contributed by atoms with Crippen LogP contribution in [0.5, 0.6) is 5.75 Å². The van der Waals surface area contributed by atoms with E-state index in [2.05, 4.69) is 67.9 Å². The van der Waals surface area contributed by atoms with Crippen molar-refractivity contribution >= 4 is 17.2 Å².